The first kappa shape index (κ1) is 14.7. The third kappa shape index (κ3) is 4.47. The van der Waals surface area contributed by atoms with E-state index in [2.05, 4.69) is 10.3 Å². The van der Waals surface area contributed by atoms with E-state index in [-0.39, 0.29) is 17.4 Å². The minimum atomic E-state index is -0.165. The van der Waals surface area contributed by atoms with Gasteiger partial charge in [-0.2, -0.15) is 17.0 Å². The van der Waals surface area contributed by atoms with Crippen molar-refractivity contribution in [1.82, 2.24) is 4.98 Å². The molecule has 96 valence electrons. The van der Waals surface area contributed by atoms with Crippen molar-refractivity contribution in [3.63, 3.8) is 0 Å². The average molecular weight is 283 g/mol. The number of aryl methyl sites for hydroxylation is 1. The number of nitrogens with one attached hydrogen (secondary N) is 1. The number of nitrogens with zero attached hydrogens (tertiary/aromatic N) is 2. The molecular weight excluding hydrogens is 270 g/mol. The summed E-state index contributed by atoms with van der Waals surface area (Å²) in [6.45, 7) is 3.22. The second kappa shape index (κ2) is 7.13. The van der Waals surface area contributed by atoms with Crippen LogP contribution in [0.15, 0.2) is 0 Å². The van der Waals surface area contributed by atoms with E-state index in [4.69, 9.17) is 5.26 Å². The maximum atomic E-state index is 11.5. The fraction of sp³-hybridized carbons (Fsp3) is 0.455. The third-order valence-corrected chi connectivity index (χ3v) is 4.09. The zero-order chi connectivity index (χ0) is 13.5. The summed E-state index contributed by atoms with van der Waals surface area (Å²) >= 11 is 2.58. The van der Waals surface area contributed by atoms with Gasteiger partial charge in [0, 0.05) is 19.1 Å². The van der Waals surface area contributed by atoms with Crippen LogP contribution in [0.3, 0.4) is 0 Å². The summed E-state index contributed by atoms with van der Waals surface area (Å²) in [6, 6.07) is 2.01. The Morgan fingerprint density at radius 1 is 1.56 bits per heavy atom. The number of hydrogen-bond acceptors (Lipinski definition) is 6. The molecule has 1 amide bonds. The minimum absolute atomic E-state index is 0.0473. The van der Waals surface area contributed by atoms with Crippen molar-refractivity contribution in [3.8, 4) is 6.07 Å². The number of carbonyl (C=O) groups excluding carboxylic acids is 2. The number of rotatable bonds is 6. The van der Waals surface area contributed by atoms with Gasteiger partial charge in [0.05, 0.1) is 22.4 Å². The lowest BCUT2D eigenvalue weighted by Crippen LogP contribution is -2.14. The maximum Gasteiger partial charge on any atom is 0.236 e. The second-order valence-electron chi connectivity index (χ2n) is 3.50. The number of anilines is 1. The molecule has 7 heteroatoms. The average Bonchev–Trinajstić information content (AvgIpc) is 2.66. The summed E-state index contributed by atoms with van der Waals surface area (Å²) in [6.07, 6.45) is 0.433. The van der Waals surface area contributed by atoms with E-state index in [9.17, 15) is 9.59 Å². The highest BCUT2D eigenvalue weighted by Crippen LogP contribution is 2.22. The lowest BCUT2D eigenvalue weighted by molar-refractivity contribution is -0.113. The van der Waals surface area contributed by atoms with E-state index in [0.29, 0.717) is 27.9 Å². The Hall–Kier alpha value is -1.39. The summed E-state index contributed by atoms with van der Waals surface area (Å²) in [5, 5.41) is 11.4. The van der Waals surface area contributed by atoms with Crippen molar-refractivity contribution in [2.45, 2.75) is 20.3 Å². The van der Waals surface area contributed by atoms with Crippen LogP contribution in [0, 0.1) is 18.3 Å². The molecule has 0 aliphatic heterocycles. The number of carbonyl (C=O) groups is 2. The number of Topliss-reactive ketones (excluding diaryl/α,β-unsaturated/α-hetero) is 1. The highest BCUT2D eigenvalue weighted by Gasteiger charge is 2.13. The van der Waals surface area contributed by atoms with Gasteiger partial charge >= 0.3 is 0 Å². The summed E-state index contributed by atoms with van der Waals surface area (Å²) < 4.78 is 0. The van der Waals surface area contributed by atoms with Gasteiger partial charge < -0.3 is 5.32 Å². The molecule has 1 heterocycles. The van der Waals surface area contributed by atoms with Crippen molar-refractivity contribution >= 4 is 39.9 Å². The van der Waals surface area contributed by atoms with Crippen LogP contribution in [0.2, 0.25) is 0 Å². The molecular formula is C11H13N3O2S2. The Bertz CT molecular complexity index is 491. The van der Waals surface area contributed by atoms with E-state index in [1.54, 1.807) is 6.92 Å². The Balaban J connectivity index is 2.47. The van der Waals surface area contributed by atoms with E-state index < -0.39 is 0 Å². The topological polar surface area (TPSA) is 82.9 Å². The first-order valence-corrected chi connectivity index (χ1v) is 7.24. The number of thioether (sulfide) groups is 1. The van der Waals surface area contributed by atoms with Gasteiger partial charge in [-0.1, -0.05) is 11.3 Å². The SMILES string of the molecule is CC(=O)c1sc(NC(=O)CSCCC#N)nc1C. The number of ketones is 1. The van der Waals surface area contributed by atoms with Crippen LogP contribution in [0.5, 0.6) is 0 Å². The predicted molar refractivity (Wildman–Crippen MR) is 73.0 cm³/mol. The van der Waals surface area contributed by atoms with Gasteiger partial charge in [-0.25, -0.2) is 4.98 Å². The summed E-state index contributed by atoms with van der Waals surface area (Å²) in [5.41, 5.74) is 0.639. The molecule has 0 spiro atoms. The van der Waals surface area contributed by atoms with E-state index in [0.717, 1.165) is 0 Å². The summed E-state index contributed by atoms with van der Waals surface area (Å²) in [7, 11) is 0. The van der Waals surface area contributed by atoms with Crippen LogP contribution in [0.25, 0.3) is 0 Å². The largest absolute Gasteiger partial charge is 0.301 e. The van der Waals surface area contributed by atoms with Crippen LogP contribution in [0.1, 0.15) is 28.7 Å². The van der Waals surface area contributed by atoms with Gasteiger partial charge in [-0.3, -0.25) is 9.59 Å². The van der Waals surface area contributed by atoms with Crippen LogP contribution in [-0.2, 0) is 4.79 Å². The molecule has 1 rings (SSSR count). The Morgan fingerprint density at radius 2 is 2.28 bits per heavy atom. The van der Waals surface area contributed by atoms with E-state index in [1.165, 1.54) is 30.0 Å². The molecule has 0 atom stereocenters. The summed E-state index contributed by atoms with van der Waals surface area (Å²) in [5.74, 6) is 0.713. The van der Waals surface area contributed by atoms with Gasteiger partial charge in [-0.05, 0) is 6.92 Å². The van der Waals surface area contributed by atoms with Gasteiger partial charge in [0.25, 0.3) is 0 Å². The predicted octanol–water partition coefficient (Wildman–Crippen LogP) is 2.24. The lowest BCUT2D eigenvalue weighted by atomic mass is 10.3. The normalized spacial score (nSPS) is 9.83. The first-order valence-electron chi connectivity index (χ1n) is 5.27. The molecule has 1 N–H and O–H groups in total. The zero-order valence-electron chi connectivity index (χ0n) is 10.1. The monoisotopic (exact) mass is 283 g/mol. The third-order valence-electron chi connectivity index (χ3n) is 1.95. The molecule has 0 aliphatic rings. The minimum Gasteiger partial charge on any atom is -0.301 e. The quantitative estimate of drug-likeness (QED) is 0.639. The second-order valence-corrected chi connectivity index (χ2v) is 5.60. The number of amides is 1. The van der Waals surface area contributed by atoms with Crippen LogP contribution in [-0.4, -0.2) is 28.2 Å². The molecule has 0 radical (unpaired) electrons. The highest BCUT2D eigenvalue weighted by atomic mass is 32.2. The van der Waals surface area contributed by atoms with Crippen LogP contribution < -0.4 is 5.32 Å². The molecule has 0 fully saturated rings. The molecule has 0 unspecified atom stereocenters. The fourth-order valence-electron chi connectivity index (χ4n) is 1.21. The summed E-state index contributed by atoms with van der Waals surface area (Å²) in [4.78, 5) is 27.5. The van der Waals surface area contributed by atoms with Crippen LogP contribution in [0.4, 0.5) is 5.13 Å². The van der Waals surface area contributed by atoms with E-state index >= 15 is 0 Å². The van der Waals surface area contributed by atoms with Gasteiger partial charge in [-0.15, -0.1) is 0 Å². The Labute approximate surface area is 114 Å². The smallest absolute Gasteiger partial charge is 0.236 e. The number of nitriles is 1. The molecule has 0 bridgehead atoms. The maximum absolute atomic E-state index is 11.5. The van der Waals surface area contributed by atoms with Crippen LogP contribution >= 0.6 is 23.1 Å². The van der Waals surface area contributed by atoms with Crippen molar-refractivity contribution in [3.05, 3.63) is 10.6 Å². The number of hydrogen-bond donors (Lipinski definition) is 1. The molecule has 0 aliphatic carbocycles. The Morgan fingerprint density at radius 3 is 2.83 bits per heavy atom. The first-order chi connectivity index (χ1) is 8.54. The molecule has 0 aromatic carbocycles. The van der Waals surface area contributed by atoms with Crippen molar-refractivity contribution < 1.29 is 9.59 Å². The van der Waals surface area contributed by atoms with Gasteiger partial charge in [0.15, 0.2) is 10.9 Å². The zero-order valence-corrected chi connectivity index (χ0v) is 11.8. The molecule has 5 nitrogen and oxygen atoms in total. The Kier molecular flexibility index (Phi) is 5.82. The molecule has 1 aromatic heterocycles. The standard InChI is InChI=1S/C11H13N3O2S2/c1-7-10(8(2)15)18-11(13-7)14-9(16)6-17-5-3-4-12/h3,5-6H2,1-2H3,(H,13,14,16). The molecule has 18 heavy (non-hydrogen) atoms. The molecule has 0 saturated heterocycles. The lowest BCUT2D eigenvalue weighted by Gasteiger charge is -1.99. The highest BCUT2D eigenvalue weighted by molar-refractivity contribution is 7.99. The van der Waals surface area contributed by atoms with Crippen molar-refractivity contribution in [2.75, 3.05) is 16.8 Å². The van der Waals surface area contributed by atoms with Crippen molar-refractivity contribution in [1.29, 1.82) is 5.26 Å². The number of thiazole rings is 1. The van der Waals surface area contributed by atoms with Gasteiger partial charge in [0.2, 0.25) is 5.91 Å². The molecule has 1 aromatic rings. The van der Waals surface area contributed by atoms with Crippen molar-refractivity contribution in [2.24, 2.45) is 0 Å². The van der Waals surface area contributed by atoms with E-state index in [1.807, 2.05) is 6.07 Å². The van der Waals surface area contributed by atoms with Gasteiger partial charge in [0.1, 0.15) is 0 Å². The molecule has 0 saturated carbocycles. The number of aromatic nitrogens is 1. The fourth-order valence-corrected chi connectivity index (χ4v) is 2.73.